The first-order valence-electron chi connectivity index (χ1n) is 7.78. The Morgan fingerprint density at radius 1 is 1.00 bits per heavy atom. The molecule has 1 heterocycles. The van der Waals surface area contributed by atoms with Crippen LogP contribution in [0.3, 0.4) is 0 Å². The summed E-state index contributed by atoms with van der Waals surface area (Å²) in [6.07, 6.45) is 0. The molecule has 0 spiro atoms. The molecular formula is C18H17Cl2N3O2S. The van der Waals surface area contributed by atoms with Crippen molar-refractivity contribution in [2.45, 2.75) is 17.5 Å². The van der Waals surface area contributed by atoms with E-state index in [-0.39, 0.29) is 0 Å². The highest BCUT2D eigenvalue weighted by Gasteiger charge is 2.11. The van der Waals surface area contributed by atoms with Crippen molar-refractivity contribution in [2.75, 3.05) is 7.11 Å². The molecule has 8 heteroatoms. The summed E-state index contributed by atoms with van der Waals surface area (Å²) in [6, 6.07) is 13.0. The van der Waals surface area contributed by atoms with Crippen LogP contribution in [0.1, 0.15) is 11.4 Å². The molecule has 5 nitrogen and oxygen atoms in total. The van der Waals surface area contributed by atoms with Gasteiger partial charge in [-0.3, -0.25) is 0 Å². The molecule has 0 fully saturated rings. The molecule has 0 amide bonds. The van der Waals surface area contributed by atoms with E-state index in [0.717, 1.165) is 33.8 Å². The van der Waals surface area contributed by atoms with Crippen LogP contribution in [0.25, 0.3) is 0 Å². The summed E-state index contributed by atoms with van der Waals surface area (Å²) in [6.45, 7) is 0.336. The molecule has 0 unspecified atom stereocenters. The highest BCUT2D eigenvalue weighted by molar-refractivity contribution is 7.98. The fraction of sp³-hybridized carbons (Fsp3) is 0.222. The Labute approximate surface area is 166 Å². The van der Waals surface area contributed by atoms with E-state index in [1.165, 1.54) is 0 Å². The number of ether oxygens (including phenoxy) is 2. The first-order chi connectivity index (χ1) is 12.6. The summed E-state index contributed by atoms with van der Waals surface area (Å²) >= 11 is 13.6. The number of nitrogens with zero attached hydrogens (tertiary/aromatic N) is 3. The van der Waals surface area contributed by atoms with Gasteiger partial charge in [0.25, 0.3) is 0 Å². The molecule has 0 N–H and O–H groups in total. The van der Waals surface area contributed by atoms with Gasteiger partial charge < -0.3 is 14.0 Å². The summed E-state index contributed by atoms with van der Waals surface area (Å²) in [7, 11) is 3.55. The van der Waals surface area contributed by atoms with E-state index in [1.54, 1.807) is 24.9 Å². The van der Waals surface area contributed by atoms with Crippen molar-refractivity contribution >= 4 is 35.0 Å². The van der Waals surface area contributed by atoms with Crippen LogP contribution in [-0.4, -0.2) is 21.9 Å². The Bertz CT molecular complexity index is 885. The van der Waals surface area contributed by atoms with E-state index < -0.39 is 0 Å². The minimum absolute atomic E-state index is 0.336. The number of rotatable bonds is 7. The van der Waals surface area contributed by atoms with Crippen LogP contribution in [-0.2, 0) is 19.4 Å². The normalized spacial score (nSPS) is 10.8. The average molecular weight is 410 g/mol. The summed E-state index contributed by atoms with van der Waals surface area (Å²) in [5, 5.41) is 10.3. The van der Waals surface area contributed by atoms with Gasteiger partial charge in [0.15, 0.2) is 11.0 Å². The molecule has 0 aliphatic heterocycles. The molecule has 3 rings (SSSR count). The molecule has 1 aromatic heterocycles. The van der Waals surface area contributed by atoms with Gasteiger partial charge in [0, 0.05) is 12.8 Å². The Morgan fingerprint density at radius 2 is 1.73 bits per heavy atom. The van der Waals surface area contributed by atoms with E-state index in [0.29, 0.717) is 16.7 Å². The molecule has 0 bridgehead atoms. The molecule has 136 valence electrons. The number of thioether (sulfide) groups is 1. The number of methoxy groups -OCH3 is 1. The lowest BCUT2D eigenvalue weighted by atomic mass is 10.2. The third-order valence-corrected chi connectivity index (χ3v) is 5.53. The lowest BCUT2D eigenvalue weighted by Crippen LogP contribution is -2.04. The van der Waals surface area contributed by atoms with Gasteiger partial charge in [-0.05, 0) is 42.0 Å². The topological polar surface area (TPSA) is 49.2 Å². The van der Waals surface area contributed by atoms with Crippen LogP contribution >= 0.6 is 35.0 Å². The minimum atomic E-state index is 0.336. The van der Waals surface area contributed by atoms with Crippen LogP contribution in [0.4, 0.5) is 0 Å². The molecule has 26 heavy (non-hydrogen) atoms. The third-order valence-electron chi connectivity index (χ3n) is 3.70. The van der Waals surface area contributed by atoms with Gasteiger partial charge in [-0.25, -0.2) is 0 Å². The molecule has 0 saturated heterocycles. The van der Waals surface area contributed by atoms with Crippen LogP contribution < -0.4 is 9.47 Å². The lowest BCUT2D eigenvalue weighted by molar-refractivity contribution is 0.290. The molecule has 0 saturated carbocycles. The predicted octanol–water partition coefficient (Wildman–Crippen LogP) is 5.00. The largest absolute Gasteiger partial charge is 0.497 e. The third kappa shape index (κ3) is 4.63. The summed E-state index contributed by atoms with van der Waals surface area (Å²) in [4.78, 5) is 0. The molecule has 2 aromatic carbocycles. The molecule has 0 aliphatic carbocycles. The zero-order valence-corrected chi connectivity index (χ0v) is 16.6. The Hall–Kier alpha value is -1.89. The Morgan fingerprint density at radius 3 is 2.42 bits per heavy atom. The van der Waals surface area contributed by atoms with Gasteiger partial charge in [0.1, 0.15) is 18.1 Å². The van der Waals surface area contributed by atoms with Crippen LogP contribution in [0.5, 0.6) is 11.5 Å². The minimum Gasteiger partial charge on any atom is -0.497 e. The zero-order valence-electron chi connectivity index (χ0n) is 14.3. The first kappa shape index (κ1) is 18.9. The van der Waals surface area contributed by atoms with Crippen LogP contribution in [0, 0.1) is 0 Å². The quantitative estimate of drug-likeness (QED) is 0.513. The maximum atomic E-state index is 6.05. The van der Waals surface area contributed by atoms with Crippen molar-refractivity contribution < 1.29 is 9.47 Å². The predicted molar refractivity (Wildman–Crippen MR) is 104 cm³/mol. The highest BCUT2D eigenvalue weighted by atomic mass is 35.5. The van der Waals surface area contributed by atoms with Crippen molar-refractivity contribution in [1.82, 2.24) is 14.8 Å². The molecule has 0 atom stereocenters. The van der Waals surface area contributed by atoms with E-state index in [2.05, 4.69) is 10.2 Å². The Balaban J connectivity index is 1.59. The second-order valence-corrected chi connectivity index (χ2v) is 7.22. The smallest absolute Gasteiger partial charge is 0.191 e. The SMILES string of the molecule is COc1ccc(OCc2nnc(SCc3ccc(Cl)c(Cl)c3)n2C)cc1. The van der Waals surface area contributed by atoms with Crippen LogP contribution in [0.2, 0.25) is 10.0 Å². The number of halogens is 2. The van der Waals surface area contributed by atoms with Crippen molar-refractivity contribution in [3.05, 3.63) is 63.9 Å². The fourth-order valence-electron chi connectivity index (χ4n) is 2.19. The van der Waals surface area contributed by atoms with Crippen molar-refractivity contribution in [1.29, 1.82) is 0 Å². The maximum Gasteiger partial charge on any atom is 0.191 e. The highest BCUT2D eigenvalue weighted by Crippen LogP contribution is 2.27. The average Bonchev–Trinajstić information content (AvgIpc) is 3.01. The monoisotopic (exact) mass is 409 g/mol. The van der Waals surface area contributed by atoms with E-state index in [4.69, 9.17) is 32.7 Å². The van der Waals surface area contributed by atoms with E-state index in [9.17, 15) is 0 Å². The van der Waals surface area contributed by atoms with Crippen molar-refractivity contribution in [2.24, 2.45) is 7.05 Å². The number of benzene rings is 2. The standard InChI is InChI=1S/C18H17Cl2N3O2S/c1-23-17(10-25-14-6-4-13(24-2)5-7-14)21-22-18(23)26-11-12-3-8-15(19)16(20)9-12/h3-9H,10-11H2,1-2H3. The second kappa shape index (κ2) is 8.66. The molecule has 0 aliphatic rings. The molecule has 3 aromatic rings. The van der Waals surface area contributed by atoms with Gasteiger partial charge in [0.05, 0.1) is 17.2 Å². The maximum absolute atomic E-state index is 6.05. The van der Waals surface area contributed by atoms with Gasteiger partial charge in [-0.1, -0.05) is 41.0 Å². The summed E-state index contributed by atoms with van der Waals surface area (Å²) < 4.78 is 12.8. The van der Waals surface area contributed by atoms with Gasteiger partial charge in [-0.2, -0.15) is 0 Å². The lowest BCUT2D eigenvalue weighted by Gasteiger charge is -2.07. The molecular weight excluding hydrogens is 393 g/mol. The van der Waals surface area contributed by atoms with E-state index in [1.807, 2.05) is 48.0 Å². The van der Waals surface area contributed by atoms with Crippen molar-refractivity contribution in [3.8, 4) is 11.5 Å². The van der Waals surface area contributed by atoms with Gasteiger partial charge in [0.2, 0.25) is 0 Å². The number of hydrogen-bond donors (Lipinski definition) is 0. The summed E-state index contributed by atoms with van der Waals surface area (Å²) in [5.41, 5.74) is 1.07. The molecule has 0 radical (unpaired) electrons. The van der Waals surface area contributed by atoms with Crippen molar-refractivity contribution in [3.63, 3.8) is 0 Å². The first-order valence-corrected chi connectivity index (χ1v) is 9.53. The number of aromatic nitrogens is 3. The fourth-order valence-corrected chi connectivity index (χ4v) is 3.39. The van der Waals surface area contributed by atoms with Gasteiger partial charge >= 0.3 is 0 Å². The number of hydrogen-bond acceptors (Lipinski definition) is 5. The van der Waals surface area contributed by atoms with E-state index >= 15 is 0 Å². The zero-order chi connectivity index (χ0) is 18.5. The Kier molecular flexibility index (Phi) is 6.29. The van der Waals surface area contributed by atoms with Crippen LogP contribution in [0.15, 0.2) is 47.6 Å². The summed E-state index contributed by atoms with van der Waals surface area (Å²) in [5.74, 6) is 3.01. The van der Waals surface area contributed by atoms with Gasteiger partial charge in [-0.15, -0.1) is 10.2 Å². The second-order valence-electron chi connectivity index (χ2n) is 5.46.